The van der Waals surface area contributed by atoms with Crippen LogP contribution in [-0.2, 0) is 0 Å². The number of hydrogen-bond donors (Lipinski definition) is 3. The van der Waals surface area contributed by atoms with Crippen molar-refractivity contribution >= 4 is 11.9 Å². The molecule has 120 valence electrons. The number of nitrogens with two attached hydrogens (primary N) is 1. The minimum Gasteiger partial charge on any atom is -0.370 e. The quantitative estimate of drug-likeness (QED) is 0.323. The predicted octanol–water partition coefficient (Wildman–Crippen LogP) is 0.833. The molecule has 1 aromatic heterocycles. The van der Waals surface area contributed by atoms with Gasteiger partial charge in [-0.25, -0.2) is 4.98 Å². The Bertz CT molecular complexity index is 482. The fourth-order valence-electron chi connectivity index (χ4n) is 2.53. The first-order chi connectivity index (χ1) is 10.8. The smallest absolute Gasteiger partial charge is 0.271 e. The van der Waals surface area contributed by atoms with Gasteiger partial charge < -0.3 is 16.4 Å². The topological polar surface area (TPSA) is 105 Å². The van der Waals surface area contributed by atoms with Gasteiger partial charge in [0.15, 0.2) is 5.96 Å². The van der Waals surface area contributed by atoms with Crippen LogP contribution in [0.5, 0.6) is 0 Å². The maximum atomic E-state index is 11.7. The molecule has 1 aromatic rings. The third-order valence-corrected chi connectivity index (χ3v) is 3.68. The van der Waals surface area contributed by atoms with Crippen LogP contribution in [0.25, 0.3) is 0 Å². The zero-order chi connectivity index (χ0) is 15.6. The molecule has 0 spiro atoms. The van der Waals surface area contributed by atoms with Crippen LogP contribution in [0, 0.1) is 0 Å². The van der Waals surface area contributed by atoms with Crippen molar-refractivity contribution in [2.24, 2.45) is 10.7 Å². The third-order valence-electron chi connectivity index (χ3n) is 3.68. The summed E-state index contributed by atoms with van der Waals surface area (Å²) < 4.78 is 0. The summed E-state index contributed by atoms with van der Waals surface area (Å²) in [5.74, 6) is 0.208. The third kappa shape index (κ3) is 5.67. The molecule has 4 N–H and O–H groups in total. The molecule has 0 bridgehead atoms. The van der Waals surface area contributed by atoms with E-state index in [1.807, 2.05) is 0 Å². The Hall–Kier alpha value is -2.18. The van der Waals surface area contributed by atoms with E-state index in [0.717, 1.165) is 12.8 Å². The van der Waals surface area contributed by atoms with Crippen molar-refractivity contribution in [1.82, 2.24) is 20.6 Å². The largest absolute Gasteiger partial charge is 0.370 e. The molecule has 22 heavy (non-hydrogen) atoms. The van der Waals surface area contributed by atoms with Gasteiger partial charge in [0.2, 0.25) is 0 Å². The van der Waals surface area contributed by atoms with Gasteiger partial charge in [-0.05, 0) is 12.8 Å². The Balaban J connectivity index is 1.67. The van der Waals surface area contributed by atoms with Gasteiger partial charge in [-0.15, -0.1) is 0 Å². The van der Waals surface area contributed by atoms with Crippen LogP contribution in [0.2, 0.25) is 0 Å². The van der Waals surface area contributed by atoms with Crippen LogP contribution in [0.15, 0.2) is 23.6 Å². The Kier molecular flexibility index (Phi) is 6.60. The zero-order valence-corrected chi connectivity index (χ0v) is 12.8. The first kappa shape index (κ1) is 16.2. The Morgan fingerprint density at radius 3 is 2.73 bits per heavy atom. The SMILES string of the molecule is NC(=NCCNC(=O)c1cnccn1)NC1CCCCCC1. The van der Waals surface area contributed by atoms with E-state index in [1.165, 1.54) is 44.3 Å². The highest BCUT2D eigenvalue weighted by atomic mass is 16.1. The summed E-state index contributed by atoms with van der Waals surface area (Å²) in [5.41, 5.74) is 6.19. The van der Waals surface area contributed by atoms with Gasteiger partial charge in [0, 0.05) is 25.0 Å². The molecular weight excluding hydrogens is 280 g/mol. The van der Waals surface area contributed by atoms with Crippen molar-refractivity contribution in [3.63, 3.8) is 0 Å². The van der Waals surface area contributed by atoms with Gasteiger partial charge in [-0.1, -0.05) is 25.7 Å². The minimum absolute atomic E-state index is 0.251. The molecule has 7 nitrogen and oxygen atoms in total. The van der Waals surface area contributed by atoms with Crippen LogP contribution in [-0.4, -0.2) is 41.0 Å². The average molecular weight is 304 g/mol. The first-order valence-electron chi connectivity index (χ1n) is 7.86. The molecule has 0 saturated heterocycles. The molecule has 1 saturated carbocycles. The van der Waals surface area contributed by atoms with Crippen molar-refractivity contribution < 1.29 is 4.79 Å². The molecule has 1 aliphatic carbocycles. The maximum absolute atomic E-state index is 11.7. The fraction of sp³-hybridized carbons (Fsp3) is 0.600. The number of rotatable bonds is 5. The molecule has 1 amide bonds. The molecule has 1 aliphatic rings. The monoisotopic (exact) mass is 304 g/mol. The van der Waals surface area contributed by atoms with E-state index in [-0.39, 0.29) is 5.91 Å². The van der Waals surface area contributed by atoms with Crippen LogP contribution < -0.4 is 16.4 Å². The van der Waals surface area contributed by atoms with Gasteiger partial charge in [0.1, 0.15) is 5.69 Å². The van der Waals surface area contributed by atoms with E-state index in [9.17, 15) is 4.79 Å². The first-order valence-corrected chi connectivity index (χ1v) is 7.86. The second-order valence-corrected chi connectivity index (χ2v) is 5.45. The number of nitrogens with one attached hydrogen (secondary N) is 2. The van der Waals surface area contributed by atoms with Crippen molar-refractivity contribution in [3.8, 4) is 0 Å². The van der Waals surface area contributed by atoms with E-state index in [1.54, 1.807) is 0 Å². The molecular formula is C15H24N6O. The molecule has 0 unspecified atom stereocenters. The Labute approximate surface area is 130 Å². The summed E-state index contributed by atoms with van der Waals surface area (Å²) >= 11 is 0. The van der Waals surface area contributed by atoms with Crippen LogP contribution in [0.1, 0.15) is 49.0 Å². The molecule has 1 heterocycles. The summed E-state index contributed by atoms with van der Waals surface area (Å²) in [7, 11) is 0. The molecule has 0 aliphatic heterocycles. The lowest BCUT2D eigenvalue weighted by Crippen LogP contribution is -2.40. The van der Waals surface area contributed by atoms with E-state index < -0.39 is 0 Å². The lowest BCUT2D eigenvalue weighted by Gasteiger charge is -2.16. The van der Waals surface area contributed by atoms with Gasteiger partial charge in [0.25, 0.3) is 5.91 Å². The summed E-state index contributed by atoms with van der Waals surface area (Å²) in [4.78, 5) is 23.8. The highest BCUT2D eigenvalue weighted by Crippen LogP contribution is 2.16. The number of guanidine groups is 1. The maximum Gasteiger partial charge on any atom is 0.271 e. The lowest BCUT2D eigenvalue weighted by atomic mass is 10.1. The Morgan fingerprint density at radius 2 is 2.05 bits per heavy atom. The molecule has 2 rings (SSSR count). The highest BCUT2D eigenvalue weighted by Gasteiger charge is 2.12. The number of carbonyl (C=O) groups is 1. The van der Waals surface area contributed by atoms with Crippen molar-refractivity contribution in [1.29, 1.82) is 0 Å². The molecule has 1 fully saturated rings. The van der Waals surface area contributed by atoms with Gasteiger partial charge in [-0.2, -0.15) is 0 Å². The van der Waals surface area contributed by atoms with E-state index in [4.69, 9.17) is 5.73 Å². The number of carbonyl (C=O) groups excluding carboxylic acids is 1. The number of aromatic nitrogens is 2. The highest BCUT2D eigenvalue weighted by molar-refractivity contribution is 5.91. The second-order valence-electron chi connectivity index (χ2n) is 5.45. The minimum atomic E-state index is -0.251. The van der Waals surface area contributed by atoms with E-state index in [2.05, 4.69) is 25.6 Å². The van der Waals surface area contributed by atoms with Crippen molar-refractivity contribution in [2.75, 3.05) is 13.1 Å². The summed E-state index contributed by atoms with van der Waals surface area (Å²) in [6.07, 6.45) is 11.9. The molecule has 0 radical (unpaired) electrons. The Morgan fingerprint density at radius 1 is 1.27 bits per heavy atom. The van der Waals surface area contributed by atoms with Crippen LogP contribution in [0.3, 0.4) is 0 Å². The molecule has 0 aromatic carbocycles. The van der Waals surface area contributed by atoms with Crippen LogP contribution in [0.4, 0.5) is 0 Å². The van der Waals surface area contributed by atoms with Gasteiger partial charge >= 0.3 is 0 Å². The van der Waals surface area contributed by atoms with Crippen molar-refractivity contribution in [3.05, 3.63) is 24.3 Å². The van der Waals surface area contributed by atoms with Gasteiger partial charge in [-0.3, -0.25) is 14.8 Å². The molecule has 0 atom stereocenters. The van der Waals surface area contributed by atoms with E-state index >= 15 is 0 Å². The number of nitrogens with zero attached hydrogens (tertiary/aromatic N) is 3. The number of amides is 1. The lowest BCUT2D eigenvalue weighted by molar-refractivity contribution is 0.0949. The average Bonchev–Trinajstić information content (AvgIpc) is 2.81. The van der Waals surface area contributed by atoms with Crippen LogP contribution >= 0.6 is 0 Å². The predicted molar refractivity (Wildman–Crippen MR) is 85.5 cm³/mol. The standard InChI is InChI=1S/C15H24N6O/c16-15(21-12-5-3-1-2-4-6-12)20-10-9-19-14(22)13-11-17-7-8-18-13/h7-8,11-12H,1-6,9-10H2,(H,19,22)(H3,16,20,21). The zero-order valence-electron chi connectivity index (χ0n) is 12.8. The van der Waals surface area contributed by atoms with Crippen molar-refractivity contribution in [2.45, 2.75) is 44.6 Å². The van der Waals surface area contributed by atoms with E-state index in [0.29, 0.717) is 30.8 Å². The normalized spacial score (nSPS) is 16.8. The molecule has 7 heteroatoms. The summed E-state index contributed by atoms with van der Waals surface area (Å²) in [6, 6.07) is 0.431. The summed E-state index contributed by atoms with van der Waals surface area (Å²) in [6.45, 7) is 0.861. The number of hydrogen-bond acceptors (Lipinski definition) is 4. The second kappa shape index (κ2) is 8.96. The fourth-order valence-corrected chi connectivity index (χ4v) is 2.53. The number of aliphatic imine (C=N–C) groups is 1. The van der Waals surface area contributed by atoms with Gasteiger partial charge in [0.05, 0.1) is 12.7 Å². The summed E-state index contributed by atoms with van der Waals surface area (Å²) in [5, 5.41) is 6.01.